The van der Waals surface area contributed by atoms with Crippen molar-refractivity contribution in [3.8, 4) is 0 Å². The number of anilines is 1. The van der Waals surface area contributed by atoms with Gasteiger partial charge in [0.2, 0.25) is 0 Å². The van der Waals surface area contributed by atoms with E-state index in [9.17, 15) is 9.18 Å². The summed E-state index contributed by atoms with van der Waals surface area (Å²) in [5, 5.41) is 0. The number of benzene rings is 2. The molecule has 104 valence electrons. The van der Waals surface area contributed by atoms with Crippen molar-refractivity contribution in [3.05, 3.63) is 65.0 Å². The fraction of sp³-hybridized carbons (Fsp3) is 0.235. The molecule has 0 atom stereocenters. The number of nitrogen functional groups attached to an aromatic ring is 1. The zero-order valence-electron chi connectivity index (χ0n) is 11.9. The van der Waals surface area contributed by atoms with Gasteiger partial charge in [-0.15, -0.1) is 0 Å². The Morgan fingerprint density at radius 1 is 1.05 bits per heavy atom. The molecule has 0 radical (unpaired) electrons. The van der Waals surface area contributed by atoms with Gasteiger partial charge in [0.15, 0.2) is 5.78 Å². The molecule has 0 fully saturated rings. The third kappa shape index (κ3) is 2.87. The number of halogens is 1. The van der Waals surface area contributed by atoms with Crippen LogP contribution >= 0.6 is 0 Å². The van der Waals surface area contributed by atoms with Gasteiger partial charge in [0, 0.05) is 16.8 Å². The first-order chi connectivity index (χ1) is 9.29. The van der Waals surface area contributed by atoms with E-state index < -0.39 is 5.82 Å². The van der Waals surface area contributed by atoms with Crippen LogP contribution in [0.4, 0.5) is 10.1 Å². The van der Waals surface area contributed by atoms with Crippen LogP contribution in [0.5, 0.6) is 0 Å². The minimum Gasteiger partial charge on any atom is -0.398 e. The smallest absolute Gasteiger partial charge is 0.195 e. The van der Waals surface area contributed by atoms with Gasteiger partial charge in [-0.3, -0.25) is 4.79 Å². The van der Waals surface area contributed by atoms with Gasteiger partial charge in [0.25, 0.3) is 0 Å². The SMILES string of the molecule is CC(C)(C)c1ccc(C(=O)c2cc(F)ccc2N)cc1. The zero-order valence-corrected chi connectivity index (χ0v) is 11.9. The maximum absolute atomic E-state index is 13.2. The van der Waals surface area contributed by atoms with E-state index in [2.05, 4.69) is 20.8 Å². The Hall–Kier alpha value is -2.16. The highest BCUT2D eigenvalue weighted by Gasteiger charge is 2.16. The summed E-state index contributed by atoms with van der Waals surface area (Å²) >= 11 is 0. The summed E-state index contributed by atoms with van der Waals surface area (Å²) in [7, 11) is 0. The number of carbonyl (C=O) groups is 1. The molecule has 0 aliphatic rings. The van der Waals surface area contributed by atoms with Crippen molar-refractivity contribution in [1.29, 1.82) is 0 Å². The molecule has 2 nitrogen and oxygen atoms in total. The Morgan fingerprint density at radius 3 is 2.20 bits per heavy atom. The summed E-state index contributed by atoms with van der Waals surface area (Å²) in [4.78, 5) is 12.3. The number of rotatable bonds is 2. The number of ketones is 1. The average Bonchev–Trinajstić information content (AvgIpc) is 2.40. The minimum absolute atomic E-state index is 0.0272. The second-order valence-electron chi connectivity index (χ2n) is 5.89. The Labute approximate surface area is 118 Å². The van der Waals surface area contributed by atoms with Crippen LogP contribution in [-0.4, -0.2) is 5.78 Å². The van der Waals surface area contributed by atoms with Crippen LogP contribution in [0.25, 0.3) is 0 Å². The van der Waals surface area contributed by atoms with Crippen molar-refractivity contribution in [3.63, 3.8) is 0 Å². The van der Waals surface area contributed by atoms with Gasteiger partial charge < -0.3 is 5.73 Å². The van der Waals surface area contributed by atoms with Gasteiger partial charge in [0.05, 0.1) is 0 Å². The van der Waals surface area contributed by atoms with E-state index in [0.717, 1.165) is 5.56 Å². The highest BCUT2D eigenvalue weighted by molar-refractivity contribution is 6.12. The van der Waals surface area contributed by atoms with Crippen LogP contribution in [0.15, 0.2) is 42.5 Å². The van der Waals surface area contributed by atoms with Gasteiger partial charge in [0.1, 0.15) is 5.82 Å². The fourth-order valence-electron chi connectivity index (χ4n) is 2.00. The lowest BCUT2D eigenvalue weighted by Gasteiger charge is -2.19. The summed E-state index contributed by atoms with van der Waals surface area (Å²) in [6, 6.07) is 11.2. The molecule has 0 heterocycles. The highest BCUT2D eigenvalue weighted by atomic mass is 19.1. The lowest BCUT2D eigenvalue weighted by atomic mass is 9.86. The Morgan fingerprint density at radius 2 is 1.65 bits per heavy atom. The molecule has 0 saturated carbocycles. The normalized spacial score (nSPS) is 11.4. The van der Waals surface area contributed by atoms with E-state index in [1.807, 2.05) is 12.1 Å². The highest BCUT2D eigenvalue weighted by Crippen LogP contribution is 2.24. The van der Waals surface area contributed by atoms with Crippen molar-refractivity contribution in [1.82, 2.24) is 0 Å². The van der Waals surface area contributed by atoms with Gasteiger partial charge in [-0.2, -0.15) is 0 Å². The van der Waals surface area contributed by atoms with Gasteiger partial charge in [-0.25, -0.2) is 4.39 Å². The van der Waals surface area contributed by atoms with Gasteiger partial charge in [-0.05, 0) is 29.2 Å². The molecular weight excluding hydrogens is 253 g/mol. The molecule has 20 heavy (non-hydrogen) atoms. The second kappa shape index (κ2) is 5.08. The average molecular weight is 271 g/mol. The molecule has 2 rings (SSSR count). The van der Waals surface area contributed by atoms with E-state index in [4.69, 9.17) is 5.73 Å². The number of hydrogen-bond acceptors (Lipinski definition) is 2. The van der Waals surface area contributed by atoms with Crippen LogP contribution in [0.1, 0.15) is 42.3 Å². The lowest BCUT2D eigenvalue weighted by Crippen LogP contribution is -2.12. The molecular formula is C17H18FNO. The molecule has 2 aromatic carbocycles. The zero-order chi connectivity index (χ0) is 14.9. The molecule has 0 unspecified atom stereocenters. The Balaban J connectivity index is 2.37. The molecule has 2 N–H and O–H groups in total. The summed E-state index contributed by atoms with van der Waals surface area (Å²) < 4.78 is 13.2. The first-order valence-corrected chi connectivity index (χ1v) is 6.49. The fourth-order valence-corrected chi connectivity index (χ4v) is 2.00. The van der Waals surface area contributed by atoms with E-state index in [1.165, 1.54) is 18.2 Å². The van der Waals surface area contributed by atoms with E-state index in [0.29, 0.717) is 5.56 Å². The molecule has 0 spiro atoms. The van der Waals surface area contributed by atoms with Crippen LogP contribution in [0.2, 0.25) is 0 Å². The van der Waals surface area contributed by atoms with Crippen LogP contribution < -0.4 is 5.73 Å². The summed E-state index contributed by atoms with van der Waals surface area (Å²) in [5.74, 6) is -0.726. The molecule has 0 aromatic heterocycles. The number of carbonyl (C=O) groups excluding carboxylic acids is 1. The topological polar surface area (TPSA) is 43.1 Å². The van der Waals surface area contributed by atoms with E-state index >= 15 is 0 Å². The van der Waals surface area contributed by atoms with Crippen molar-refractivity contribution >= 4 is 11.5 Å². The Kier molecular flexibility index (Phi) is 3.62. The largest absolute Gasteiger partial charge is 0.398 e. The van der Waals surface area contributed by atoms with E-state index in [-0.39, 0.29) is 22.4 Å². The molecule has 3 heteroatoms. The molecule has 2 aromatic rings. The first-order valence-electron chi connectivity index (χ1n) is 6.49. The van der Waals surface area contributed by atoms with Crippen molar-refractivity contribution in [2.24, 2.45) is 0 Å². The molecule has 0 amide bonds. The van der Waals surface area contributed by atoms with Crippen LogP contribution in [-0.2, 0) is 5.41 Å². The second-order valence-corrected chi connectivity index (χ2v) is 5.89. The molecule has 0 bridgehead atoms. The molecule has 0 aliphatic heterocycles. The predicted octanol–water partition coefficient (Wildman–Crippen LogP) is 3.94. The number of hydrogen-bond donors (Lipinski definition) is 1. The maximum atomic E-state index is 13.2. The van der Waals surface area contributed by atoms with Gasteiger partial charge >= 0.3 is 0 Å². The molecule has 0 saturated heterocycles. The number of nitrogens with two attached hydrogens (primary N) is 1. The van der Waals surface area contributed by atoms with Crippen LogP contribution in [0.3, 0.4) is 0 Å². The summed E-state index contributed by atoms with van der Waals surface area (Å²) in [6.07, 6.45) is 0. The maximum Gasteiger partial charge on any atom is 0.195 e. The standard InChI is InChI=1S/C17H18FNO/c1-17(2,3)12-6-4-11(5-7-12)16(20)14-10-13(18)8-9-15(14)19/h4-10H,19H2,1-3H3. The molecule has 0 aliphatic carbocycles. The monoisotopic (exact) mass is 271 g/mol. The van der Waals surface area contributed by atoms with Gasteiger partial charge in [-0.1, -0.05) is 45.0 Å². The third-order valence-electron chi connectivity index (χ3n) is 3.27. The predicted molar refractivity (Wildman–Crippen MR) is 79.4 cm³/mol. The summed E-state index contributed by atoms with van der Waals surface area (Å²) in [5.41, 5.74) is 7.91. The van der Waals surface area contributed by atoms with E-state index in [1.54, 1.807) is 12.1 Å². The quantitative estimate of drug-likeness (QED) is 0.664. The first kappa shape index (κ1) is 14.3. The third-order valence-corrected chi connectivity index (χ3v) is 3.27. The van der Waals surface area contributed by atoms with Crippen molar-refractivity contribution < 1.29 is 9.18 Å². The lowest BCUT2D eigenvalue weighted by molar-refractivity contribution is 0.103. The van der Waals surface area contributed by atoms with Crippen LogP contribution in [0, 0.1) is 5.82 Å². The summed E-state index contributed by atoms with van der Waals surface area (Å²) in [6.45, 7) is 6.32. The minimum atomic E-state index is -0.464. The Bertz CT molecular complexity index is 639. The van der Waals surface area contributed by atoms with Crippen molar-refractivity contribution in [2.75, 3.05) is 5.73 Å². The van der Waals surface area contributed by atoms with Crippen molar-refractivity contribution in [2.45, 2.75) is 26.2 Å².